The van der Waals surface area contributed by atoms with E-state index in [2.05, 4.69) is 50.5 Å². The van der Waals surface area contributed by atoms with Gasteiger partial charge in [-0.05, 0) is 49.3 Å². The molecule has 0 spiro atoms. The second-order valence-electron chi connectivity index (χ2n) is 6.78. The van der Waals surface area contributed by atoms with Gasteiger partial charge in [0.1, 0.15) is 0 Å². The van der Waals surface area contributed by atoms with Crippen molar-refractivity contribution in [1.29, 1.82) is 0 Å². The Bertz CT molecular complexity index is 387. The van der Waals surface area contributed by atoms with Gasteiger partial charge in [-0.25, -0.2) is 0 Å². The Morgan fingerprint density at radius 2 is 1.71 bits per heavy atom. The third-order valence-electron chi connectivity index (χ3n) is 5.39. The van der Waals surface area contributed by atoms with Crippen LogP contribution in [0.15, 0.2) is 24.3 Å². The Kier molecular flexibility index (Phi) is 6.76. The Morgan fingerprint density at radius 1 is 1.05 bits per heavy atom. The topological polar surface area (TPSA) is 12.0 Å². The Hall–Kier alpha value is -0.820. The standard InChI is InChI=1S/C20H33N/c1-4-6-7-17-10-14-19(15-11-17)20(21-3)18-12-8-16(5-2)9-13-18/h8-9,12-13,17,19-21H,4-7,10-11,14-15H2,1-3H3. The van der Waals surface area contributed by atoms with E-state index in [1.54, 1.807) is 0 Å². The smallest absolute Gasteiger partial charge is 0.0346 e. The van der Waals surface area contributed by atoms with E-state index in [0.717, 1.165) is 18.3 Å². The Morgan fingerprint density at radius 3 is 2.24 bits per heavy atom. The summed E-state index contributed by atoms with van der Waals surface area (Å²) in [5.41, 5.74) is 2.92. The Labute approximate surface area is 131 Å². The number of aryl methyl sites for hydroxylation is 1. The van der Waals surface area contributed by atoms with Crippen molar-refractivity contribution in [2.24, 2.45) is 11.8 Å². The quantitative estimate of drug-likeness (QED) is 0.697. The monoisotopic (exact) mass is 287 g/mol. The molecule has 1 fully saturated rings. The van der Waals surface area contributed by atoms with Crippen LogP contribution in [0.25, 0.3) is 0 Å². The zero-order chi connectivity index (χ0) is 15.1. The van der Waals surface area contributed by atoms with Gasteiger partial charge in [-0.2, -0.15) is 0 Å². The molecule has 0 radical (unpaired) electrons. The van der Waals surface area contributed by atoms with E-state index < -0.39 is 0 Å². The van der Waals surface area contributed by atoms with E-state index in [0.29, 0.717) is 6.04 Å². The first-order valence-electron chi connectivity index (χ1n) is 9.04. The minimum Gasteiger partial charge on any atom is -0.313 e. The normalized spacial score (nSPS) is 24.0. The van der Waals surface area contributed by atoms with E-state index in [1.807, 2.05) is 0 Å². The number of nitrogens with one attached hydrogen (secondary N) is 1. The largest absolute Gasteiger partial charge is 0.313 e. The molecule has 1 aromatic carbocycles. The summed E-state index contributed by atoms with van der Waals surface area (Å²) >= 11 is 0. The minimum absolute atomic E-state index is 0.544. The molecule has 1 nitrogen and oxygen atoms in total. The first kappa shape index (κ1) is 16.5. The van der Waals surface area contributed by atoms with Crippen molar-refractivity contribution in [1.82, 2.24) is 5.32 Å². The third-order valence-corrected chi connectivity index (χ3v) is 5.39. The Balaban J connectivity index is 1.92. The number of hydrogen-bond acceptors (Lipinski definition) is 1. The summed E-state index contributed by atoms with van der Waals surface area (Å²) in [6.45, 7) is 4.53. The van der Waals surface area contributed by atoms with Crippen LogP contribution >= 0.6 is 0 Å². The zero-order valence-electron chi connectivity index (χ0n) is 14.2. The van der Waals surface area contributed by atoms with Crippen LogP contribution in [0.4, 0.5) is 0 Å². The molecule has 0 amide bonds. The van der Waals surface area contributed by atoms with Crippen LogP contribution in [0, 0.1) is 11.8 Å². The number of benzene rings is 1. The fourth-order valence-corrected chi connectivity index (χ4v) is 3.94. The lowest BCUT2D eigenvalue weighted by Crippen LogP contribution is -2.28. The van der Waals surface area contributed by atoms with Crippen LogP contribution in [0.5, 0.6) is 0 Å². The van der Waals surface area contributed by atoms with Crippen LogP contribution < -0.4 is 5.32 Å². The van der Waals surface area contributed by atoms with Crippen molar-refractivity contribution in [3.05, 3.63) is 35.4 Å². The molecular weight excluding hydrogens is 254 g/mol. The van der Waals surface area contributed by atoms with Crippen LogP contribution in [0.3, 0.4) is 0 Å². The molecule has 1 saturated carbocycles. The minimum atomic E-state index is 0.544. The van der Waals surface area contributed by atoms with E-state index >= 15 is 0 Å². The van der Waals surface area contributed by atoms with Crippen molar-refractivity contribution in [3.63, 3.8) is 0 Å². The molecule has 0 aromatic heterocycles. The van der Waals surface area contributed by atoms with Crippen LogP contribution in [-0.4, -0.2) is 7.05 Å². The average Bonchev–Trinajstić information content (AvgIpc) is 2.55. The number of unbranched alkanes of at least 4 members (excludes halogenated alkanes) is 1. The van der Waals surface area contributed by atoms with E-state index in [9.17, 15) is 0 Å². The highest BCUT2D eigenvalue weighted by molar-refractivity contribution is 5.25. The highest BCUT2D eigenvalue weighted by atomic mass is 14.9. The van der Waals surface area contributed by atoms with Gasteiger partial charge in [0.15, 0.2) is 0 Å². The van der Waals surface area contributed by atoms with Crippen molar-refractivity contribution in [3.8, 4) is 0 Å². The van der Waals surface area contributed by atoms with E-state index in [4.69, 9.17) is 0 Å². The lowest BCUT2D eigenvalue weighted by atomic mass is 9.75. The fraction of sp³-hybridized carbons (Fsp3) is 0.700. The van der Waals surface area contributed by atoms with Gasteiger partial charge in [-0.1, -0.05) is 70.2 Å². The lowest BCUT2D eigenvalue weighted by molar-refractivity contribution is 0.218. The number of rotatable bonds is 7. The van der Waals surface area contributed by atoms with Crippen molar-refractivity contribution in [2.75, 3.05) is 7.05 Å². The molecule has 0 saturated heterocycles. The first-order valence-corrected chi connectivity index (χ1v) is 9.04. The summed E-state index contributed by atoms with van der Waals surface area (Å²) < 4.78 is 0. The molecule has 118 valence electrons. The van der Waals surface area contributed by atoms with Crippen molar-refractivity contribution >= 4 is 0 Å². The molecule has 1 aliphatic carbocycles. The summed E-state index contributed by atoms with van der Waals surface area (Å²) in [5, 5.41) is 3.58. The molecule has 1 heteroatoms. The molecule has 21 heavy (non-hydrogen) atoms. The van der Waals surface area contributed by atoms with Crippen molar-refractivity contribution < 1.29 is 0 Å². The number of hydrogen-bond donors (Lipinski definition) is 1. The van der Waals surface area contributed by atoms with Gasteiger partial charge in [-0.3, -0.25) is 0 Å². The molecule has 1 unspecified atom stereocenters. The molecule has 0 bridgehead atoms. The molecule has 0 heterocycles. The van der Waals surface area contributed by atoms with Crippen molar-refractivity contribution in [2.45, 2.75) is 71.3 Å². The fourth-order valence-electron chi connectivity index (χ4n) is 3.94. The summed E-state index contributed by atoms with van der Waals surface area (Å²) in [6.07, 6.45) is 11.0. The maximum Gasteiger partial charge on any atom is 0.0346 e. The molecule has 0 aliphatic heterocycles. The molecular formula is C20H33N. The molecule has 1 N–H and O–H groups in total. The maximum absolute atomic E-state index is 3.58. The van der Waals surface area contributed by atoms with Gasteiger partial charge >= 0.3 is 0 Å². The van der Waals surface area contributed by atoms with Gasteiger partial charge in [-0.15, -0.1) is 0 Å². The molecule has 1 aromatic rings. The van der Waals surface area contributed by atoms with Gasteiger partial charge < -0.3 is 5.32 Å². The first-order chi connectivity index (χ1) is 10.3. The highest BCUT2D eigenvalue weighted by Gasteiger charge is 2.27. The lowest BCUT2D eigenvalue weighted by Gasteiger charge is -2.34. The maximum atomic E-state index is 3.58. The summed E-state index contributed by atoms with van der Waals surface area (Å²) in [5.74, 6) is 1.82. The van der Waals surface area contributed by atoms with Gasteiger partial charge in [0, 0.05) is 6.04 Å². The summed E-state index contributed by atoms with van der Waals surface area (Å²) in [4.78, 5) is 0. The molecule has 1 atom stereocenters. The third kappa shape index (κ3) is 4.57. The predicted octanol–water partition coefficient (Wildman–Crippen LogP) is 5.51. The summed E-state index contributed by atoms with van der Waals surface area (Å²) in [7, 11) is 2.13. The predicted molar refractivity (Wildman–Crippen MR) is 92.6 cm³/mol. The molecule has 2 rings (SSSR count). The van der Waals surface area contributed by atoms with Gasteiger partial charge in [0.25, 0.3) is 0 Å². The second kappa shape index (κ2) is 8.58. The van der Waals surface area contributed by atoms with E-state index in [-0.39, 0.29) is 0 Å². The molecule has 1 aliphatic rings. The van der Waals surface area contributed by atoms with Gasteiger partial charge in [0.05, 0.1) is 0 Å². The second-order valence-corrected chi connectivity index (χ2v) is 6.78. The van der Waals surface area contributed by atoms with Crippen LogP contribution in [0.1, 0.15) is 76.0 Å². The van der Waals surface area contributed by atoms with Gasteiger partial charge in [0.2, 0.25) is 0 Å². The summed E-state index contributed by atoms with van der Waals surface area (Å²) in [6, 6.07) is 9.81. The van der Waals surface area contributed by atoms with Crippen LogP contribution in [0.2, 0.25) is 0 Å². The zero-order valence-corrected chi connectivity index (χ0v) is 14.2. The highest BCUT2D eigenvalue weighted by Crippen LogP contribution is 2.38. The van der Waals surface area contributed by atoms with Crippen LogP contribution in [-0.2, 0) is 6.42 Å². The van der Waals surface area contributed by atoms with E-state index in [1.165, 1.54) is 56.1 Å². The SMILES string of the molecule is CCCCC1CCC(C(NC)c2ccc(CC)cc2)CC1. The average molecular weight is 287 g/mol.